The number of hydrogen-bond donors (Lipinski definition) is 1. The van der Waals surface area contributed by atoms with Crippen LogP contribution in [0.4, 0.5) is 5.69 Å². The minimum atomic E-state index is -0.0381. The van der Waals surface area contributed by atoms with Crippen LogP contribution in [-0.2, 0) is 0 Å². The topological polar surface area (TPSA) is 52.2 Å². The molecule has 0 aliphatic carbocycles. The number of nitrogens with one attached hydrogen (secondary N) is 1. The molecule has 1 N–H and O–H groups in total. The second kappa shape index (κ2) is 7.15. The Morgan fingerprint density at radius 3 is 2.50 bits per heavy atom. The van der Waals surface area contributed by atoms with Crippen molar-refractivity contribution in [1.82, 2.24) is 15.1 Å². The maximum absolute atomic E-state index is 12.7. The van der Waals surface area contributed by atoms with Gasteiger partial charge in [-0.1, -0.05) is 37.6 Å². The molecule has 0 unspecified atom stereocenters. The van der Waals surface area contributed by atoms with Crippen molar-refractivity contribution in [2.24, 2.45) is 0 Å². The number of piperazine rings is 1. The molecule has 3 rings (SSSR count). The Morgan fingerprint density at radius 2 is 1.92 bits per heavy atom. The summed E-state index contributed by atoms with van der Waals surface area (Å²) in [6.45, 7) is 6.95. The van der Waals surface area contributed by atoms with Gasteiger partial charge in [0.2, 0.25) is 0 Å². The largest absolute Gasteiger partial charge is 0.367 e. The molecule has 1 aromatic carbocycles. The highest BCUT2D eigenvalue weighted by Crippen LogP contribution is 2.28. The third-order valence-corrected chi connectivity index (χ3v) is 5.39. The Labute approximate surface area is 155 Å². The fourth-order valence-electron chi connectivity index (χ4n) is 2.87. The van der Waals surface area contributed by atoms with Crippen LogP contribution in [-0.4, -0.2) is 47.2 Å². The number of nitrogens with zero attached hydrogens (tertiary/aromatic N) is 3. The van der Waals surface area contributed by atoms with E-state index in [4.69, 9.17) is 11.6 Å². The molecule has 1 aliphatic heterocycles. The number of aromatic nitrogens is 2. The number of amides is 1. The first-order valence-electron chi connectivity index (χ1n) is 8.01. The van der Waals surface area contributed by atoms with Crippen molar-refractivity contribution in [3.05, 3.63) is 45.1 Å². The van der Waals surface area contributed by atoms with Gasteiger partial charge in [0.25, 0.3) is 5.91 Å². The molecule has 24 heavy (non-hydrogen) atoms. The smallest absolute Gasteiger partial charge is 0.275 e. The molecule has 128 valence electrons. The third kappa shape index (κ3) is 3.30. The highest BCUT2D eigenvalue weighted by Gasteiger charge is 2.27. The van der Waals surface area contributed by atoms with Gasteiger partial charge < -0.3 is 9.80 Å². The molecular weight excluding hydrogens is 392 g/mol. The second-order valence-corrected chi connectivity index (χ2v) is 7.39. The van der Waals surface area contributed by atoms with E-state index in [1.807, 2.05) is 29.2 Å². The molecule has 0 bridgehead atoms. The second-order valence-electron chi connectivity index (χ2n) is 6.19. The number of carbonyl (C=O) groups excluding carboxylic acids is 1. The van der Waals surface area contributed by atoms with Crippen LogP contribution in [0.3, 0.4) is 0 Å². The lowest BCUT2D eigenvalue weighted by molar-refractivity contribution is 0.0740. The van der Waals surface area contributed by atoms with E-state index < -0.39 is 0 Å². The Hall–Kier alpha value is -1.53. The number of carbonyl (C=O) groups is 1. The van der Waals surface area contributed by atoms with Crippen molar-refractivity contribution in [2.75, 3.05) is 31.1 Å². The number of anilines is 1. The first-order chi connectivity index (χ1) is 11.5. The van der Waals surface area contributed by atoms with E-state index in [0.717, 1.165) is 34.0 Å². The molecule has 1 saturated heterocycles. The molecule has 1 fully saturated rings. The van der Waals surface area contributed by atoms with Crippen molar-refractivity contribution >= 4 is 39.1 Å². The molecule has 0 radical (unpaired) electrons. The van der Waals surface area contributed by atoms with Crippen molar-refractivity contribution in [3.8, 4) is 0 Å². The maximum Gasteiger partial charge on any atom is 0.275 e. The fourth-order valence-corrected chi connectivity index (χ4v) is 3.93. The molecular formula is C17H20BrClN4O. The van der Waals surface area contributed by atoms with Crippen molar-refractivity contribution in [2.45, 2.75) is 19.8 Å². The number of halogens is 2. The minimum absolute atomic E-state index is 0.0381. The van der Waals surface area contributed by atoms with Crippen LogP contribution in [0.1, 0.15) is 35.9 Å². The monoisotopic (exact) mass is 410 g/mol. The van der Waals surface area contributed by atoms with Crippen LogP contribution in [0.5, 0.6) is 0 Å². The summed E-state index contributed by atoms with van der Waals surface area (Å²) in [5.41, 5.74) is 2.44. The zero-order valence-electron chi connectivity index (χ0n) is 13.7. The van der Waals surface area contributed by atoms with Gasteiger partial charge in [0.15, 0.2) is 5.69 Å². The average Bonchev–Trinajstić information content (AvgIpc) is 2.96. The Kier molecular flexibility index (Phi) is 5.15. The lowest BCUT2D eigenvalue weighted by atomic mass is 10.1. The summed E-state index contributed by atoms with van der Waals surface area (Å²) in [7, 11) is 0. The van der Waals surface area contributed by atoms with Gasteiger partial charge in [-0.2, -0.15) is 5.10 Å². The van der Waals surface area contributed by atoms with E-state index in [2.05, 4.69) is 44.9 Å². The SMILES string of the molecule is CC(C)c1[nH]nc(C(=O)N2CCN(c3ccccc3Cl)CC2)c1Br. The number of aromatic amines is 1. The zero-order chi connectivity index (χ0) is 17.3. The number of benzene rings is 1. The first-order valence-corrected chi connectivity index (χ1v) is 9.18. The molecule has 1 aliphatic rings. The predicted octanol–water partition coefficient (Wildman–Crippen LogP) is 3.91. The van der Waals surface area contributed by atoms with Gasteiger partial charge in [-0.3, -0.25) is 9.89 Å². The van der Waals surface area contributed by atoms with Gasteiger partial charge in [0, 0.05) is 26.2 Å². The number of hydrogen-bond acceptors (Lipinski definition) is 3. The molecule has 1 aromatic heterocycles. The quantitative estimate of drug-likeness (QED) is 0.833. The highest BCUT2D eigenvalue weighted by atomic mass is 79.9. The van der Waals surface area contributed by atoms with Gasteiger partial charge in [0.05, 0.1) is 20.9 Å². The summed E-state index contributed by atoms with van der Waals surface area (Å²) in [6, 6.07) is 7.81. The summed E-state index contributed by atoms with van der Waals surface area (Å²) < 4.78 is 0.774. The molecule has 0 atom stereocenters. The number of H-pyrrole nitrogens is 1. The standard InChI is InChI=1S/C17H20BrClN4O/c1-11(2)15-14(18)16(21-20-15)17(24)23-9-7-22(8-10-23)13-6-4-3-5-12(13)19/h3-6,11H,7-10H2,1-2H3,(H,20,21). The van der Waals surface area contributed by atoms with Crippen molar-refractivity contribution < 1.29 is 4.79 Å². The third-order valence-electron chi connectivity index (χ3n) is 4.27. The summed E-state index contributed by atoms with van der Waals surface area (Å²) in [5, 5.41) is 7.91. The maximum atomic E-state index is 12.7. The summed E-state index contributed by atoms with van der Waals surface area (Å²) >= 11 is 9.77. The van der Waals surface area contributed by atoms with E-state index in [1.165, 1.54) is 0 Å². The van der Waals surface area contributed by atoms with Crippen LogP contribution in [0, 0.1) is 0 Å². The Bertz CT molecular complexity index is 738. The predicted molar refractivity (Wildman–Crippen MR) is 99.9 cm³/mol. The van der Waals surface area contributed by atoms with E-state index in [1.54, 1.807) is 0 Å². The van der Waals surface area contributed by atoms with E-state index in [9.17, 15) is 4.79 Å². The first kappa shape index (κ1) is 17.3. The van der Waals surface area contributed by atoms with Gasteiger partial charge in [-0.15, -0.1) is 0 Å². The van der Waals surface area contributed by atoms with Crippen LogP contribution < -0.4 is 4.90 Å². The van der Waals surface area contributed by atoms with Crippen LogP contribution in [0.25, 0.3) is 0 Å². The molecule has 2 heterocycles. The Balaban J connectivity index is 1.69. The molecule has 5 nitrogen and oxygen atoms in total. The normalized spacial score (nSPS) is 15.2. The summed E-state index contributed by atoms with van der Waals surface area (Å²) in [6.07, 6.45) is 0. The van der Waals surface area contributed by atoms with E-state index in [0.29, 0.717) is 18.8 Å². The van der Waals surface area contributed by atoms with Gasteiger partial charge in [-0.25, -0.2) is 0 Å². The van der Waals surface area contributed by atoms with Crippen LogP contribution >= 0.6 is 27.5 Å². The van der Waals surface area contributed by atoms with Crippen LogP contribution in [0.15, 0.2) is 28.7 Å². The zero-order valence-corrected chi connectivity index (χ0v) is 16.1. The summed E-state index contributed by atoms with van der Waals surface area (Å²) in [4.78, 5) is 16.8. The molecule has 0 saturated carbocycles. The van der Waals surface area contributed by atoms with Gasteiger partial charge in [-0.05, 0) is 34.0 Å². The molecule has 2 aromatic rings. The van der Waals surface area contributed by atoms with E-state index >= 15 is 0 Å². The van der Waals surface area contributed by atoms with Gasteiger partial charge >= 0.3 is 0 Å². The van der Waals surface area contributed by atoms with Crippen LogP contribution in [0.2, 0.25) is 5.02 Å². The lowest BCUT2D eigenvalue weighted by Crippen LogP contribution is -2.49. The van der Waals surface area contributed by atoms with Crippen molar-refractivity contribution in [1.29, 1.82) is 0 Å². The van der Waals surface area contributed by atoms with Crippen molar-refractivity contribution in [3.63, 3.8) is 0 Å². The Morgan fingerprint density at radius 1 is 1.25 bits per heavy atom. The minimum Gasteiger partial charge on any atom is -0.367 e. The molecule has 1 amide bonds. The lowest BCUT2D eigenvalue weighted by Gasteiger charge is -2.36. The number of rotatable bonds is 3. The van der Waals surface area contributed by atoms with Gasteiger partial charge in [0.1, 0.15) is 0 Å². The highest BCUT2D eigenvalue weighted by molar-refractivity contribution is 9.10. The summed E-state index contributed by atoms with van der Waals surface area (Å²) in [5.74, 6) is 0.245. The molecule has 0 spiro atoms. The fraction of sp³-hybridized carbons (Fsp3) is 0.412. The number of para-hydroxylation sites is 1. The molecule has 7 heteroatoms. The van der Waals surface area contributed by atoms with E-state index in [-0.39, 0.29) is 11.8 Å². The average molecular weight is 412 g/mol.